The third-order valence-electron chi connectivity index (χ3n) is 6.13. The molecule has 0 aliphatic heterocycles. The number of benzene rings is 1. The number of hydrogen-bond donors (Lipinski definition) is 0. The predicted molar refractivity (Wildman–Crippen MR) is 138 cm³/mol. The Kier molecular flexibility index (Phi) is 13.1. The first-order valence-electron chi connectivity index (χ1n) is 11.9. The average Bonchev–Trinajstić information content (AvgIpc) is 2.74. The Morgan fingerprint density at radius 1 is 1.00 bits per heavy atom. The first-order chi connectivity index (χ1) is 14.7. The molecule has 3 nitrogen and oxygen atoms in total. The van der Waals surface area contributed by atoms with Crippen LogP contribution < -0.4 is 0 Å². The molecule has 31 heavy (non-hydrogen) atoms. The van der Waals surface area contributed by atoms with Crippen LogP contribution in [0.1, 0.15) is 64.9 Å². The summed E-state index contributed by atoms with van der Waals surface area (Å²) in [6, 6.07) is 7.00. The molecule has 0 aliphatic rings. The topological polar surface area (TPSA) is 37.4 Å². The van der Waals surface area contributed by atoms with E-state index in [2.05, 4.69) is 33.3 Å². The zero-order chi connectivity index (χ0) is 23.3. The standard InChI is InChI=1S/C14H16NO2S.3C4H9.Sn/c1-5-10-15(11-12(2)3)18(16,17)14-8-6-13(4)7-9-14;3*1-3-4-2;/h1,6-9H,2-3,10-11H2,4H3;3*1,3-4H2,2H3;. The van der Waals surface area contributed by atoms with E-state index < -0.39 is 28.4 Å². The zero-order valence-electron chi connectivity index (χ0n) is 20.3. The van der Waals surface area contributed by atoms with E-state index in [0.717, 1.165) is 15.6 Å². The van der Waals surface area contributed by atoms with Crippen LogP contribution in [-0.2, 0) is 10.0 Å². The summed E-state index contributed by atoms with van der Waals surface area (Å²) < 4.78 is 33.2. The van der Waals surface area contributed by atoms with Crippen molar-refractivity contribution in [1.82, 2.24) is 4.31 Å². The van der Waals surface area contributed by atoms with Crippen LogP contribution >= 0.6 is 0 Å². The van der Waals surface area contributed by atoms with E-state index in [1.165, 1.54) is 56.1 Å². The second-order valence-electron chi connectivity index (χ2n) is 9.03. The minimum absolute atomic E-state index is 0.0800. The van der Waals surface area contributed by atoms with Gasteiger partial charge in [0.2, 0.25) is 0 Å². The number of nitrogens with zero attached hydrogens (tertiary/aromatic N) is 1. The van der Waals surface area contributed by atoms with E-state index in [4.69, 9.17) is 6.42 Å². The summed E-state index contributed by atoms with van der Waals surface area (Å²) in [5.41, 5.74) is 2.10. The molecule has 1 rings (SSSR count). The molecule has 0 bridgehead atoms. The van der Waals surface area contributed by atoms with Crippen molar-refractivity contribution in [2.45, 2.75) is 88.9 Å². The molecule has 5 heteroatoms. The molecule has 174 valence electrons. The molecule has 0 unspecified atom stereocenters. The average molecular weight is 552 g/mol. The molecule has 0 heterocycles. The van der Waals surface area contributed by atoms with Gasteiger partial charge in [-0.25, -0.2) is 0 Å². The van der Waals surface area contributed by atoms with Crippen LogP contribution in [0.25, 0.3) is 0 Å². The normalized spacial score (nSPS) is 12.1. The van der Waals surface area contributed by atoms with Gasteiger partial charge in [0.1, 0.15) is 0 Å². The maximum absolute atomic E-state index is 13.3. The van der Waals surface area contributed by atoms with Crippen molar-refractivity contribution in [3.63, 3.8) is 0 Å². The van der Waals surface area contributed by atoms with Crippen molar-refractivity contribution in [3.05, 3.63) is 42.0 Å². The molecule has 0 atom stereocenters. The Hall–Kier alpha value is -0.771. The van der Waals surface area contributed by atoms with Gasteiger partial charge in [0.15, 0.2) is 0 Å². The molecule has 0 radical (unpaired) electrons. The molecule has 0 aliphatic carbocycles. The number of hydrogen-bond acceptors (Lipinski definition) is 2. The Morgan fingerprint density at radius 3 is 1.90 bits per heavy atom. The van der Waals surface area contributed by atoms with Crippen molar-refractivity contribution >= 4 is 28.4 Å². The third kappa shape index (κ3) is 9.32. The molecule has 0 spiro atoms. The summed E-state index contributed by atoms with van der Waals surface area (Å²) in [6.07, 6.45) is 13.1. The molecular formula is C26H43NO2SSn. The SMILES string of the molecule is C#CCN(CC(=C)[CH2][Sn]([CH2]CCC)([CH2]CCC)[CH2]CCC)S(=O)(=O)c1ccc(C)cc1. The van der Waals surface area contributed by atoms with E-state index in [1.54, 1.807) is 12.1 Å². The monoisotopic (exact) mass is 553 g/mol. The molecule has 0 aromatic heterocycles. The van der Waals surface area contributed by atoms with Crippen molar-refractivity contribution in [2.75, 3.05) is 13.1 Å². The van der Waals surface area contributed by atoms with Crippen LogP contribution in [0.3, 0.4) is 0 Å². The molecule has 1 aromatic carbocycles. The van der Waals surface area contributed by atoms with Gasteiger partial charge in [0, 0.05) is 0 Å². The van der Waals surface area contributed by atoms with Crippen LogP contribution in [0.15, 0.2) is 41.3 Å². The van der Waals surface area contributed by atoms with Crippen molar-refractivity contribution in [1.29, 1.82) is 0 Å². The van der Waals surface area contributed by atoms with Gasteiger partial charge < -0.3 is 0 Å². The van der Waals surface area contributed by atoms with Gasteiger partial charge in [-0.3, -0.25) is 0 Å². The van der Waals surface area contributed by atoms with E-state index in [-0.39, 0.29) is 6.54 Å². The number of aryl methyl sites for hydroxylation is 1. The first kappa shape index (κ1) is 28.3. The molecule has 0 saturated carbocycles. The quantitative estimate of drug-likeness (QED) is 0.126. The summed E-state index contributed by atoms with van der Waals surface area (Å²) in [5, 5.41) is 0. The van der Waals surface area contributed by atoms with Crippen LogP contribution in [-0.4, -0.2) is 44.2 Å². The van der Waals surface area contributed by atoms with Crippen LogP contribution in [0.2, 0.25) is 17.7 Å². The second-order valence-corrected chi connectivity index (χ2v) is 24.8. The minimum atomic E-state index is -3.63. The van der Waals surface area contributed by atoms with Gasteiger partial charge in [-0.2, -0.15) is 0 Å². The van der Waals surface area contributed by atoms with E-state index in [9.17, 15) is 8.42 Å². The van der Waals surface area contributed by atoms with E-state index in [0.29, 0.717) is 11.4 Å². The Bertz CT molecular complexity index is 787. The number of unbranched alkanes of at least 4 members (excludes halogenated alkanes) is 3. The molecule has 0 saturated heterocycles. The molecule has 0 N–H and O–H groups in total. The summed E-state index contributed by atoms with van der Waals surface area (Å²) in [4.78, 5) is 0.305. The van der Waals surface area contributed by atoms with Gasteiger partial charge >= 0.3 is 197 Å². The van der Waals surface area contributed by atoms with Crippen LogP contribution in [0.4, 0.5) is 0 Å². The van der Waals surface area contributed by atoms with Crippen LogP contribution in [0.5, 0.6) is 0 Å². The van der Waals surface area contributed by atoms with Crippen molar-refractivity contribution in [2.24, 2.45) is 0 Å². The Labute approximate surface area is 196 Å². The van der Waals surface area contributed by atoms with Gasteiger partial charge in [0.25, 0.3) is 0 Å². The molecular weight excluding hydrogens is 509 g/mol. The maximum atomic E-state index is 13.3. The Morgan fingerprint density at radius 2 is 1.48 bits per heavy atom. The number of sulfonamides is 1. The van der Waals surface area contributed by atoms with Crippen LogP contribution in [0, 0.1) is 19.3 Å². The summed E-state index contributed by atoms with van der Waals surface area (Å²) in [5.74, 6) is 2.55. The van der Waals surface area contributed by atoms with Gasteiger partial charge in [-0.1, -0.05) is 0 Å². The summed E-state index contributed by atoms with van der Waals surface area (Å²) >= 11 is -2.42. The number of rotatable bonds is 16. The Balaban J connectivity index is 3.08. The predicted octanol–water partition coefficient (Wildman–Crippen LogP) is 7.02. The fourth-order valence-corrected chi connectivity index (χ4v) is 22.1. The van der Waals surface area contributed by atoms with Gasteiger partial charge in [0.05, 0.1) is 0 Å². The third-order valence-corrected chi connectivity index (χ3v) is 23.6. The van der Waals surface area contributed by atoms with E-state index in [1.807, 2.05) is 19.1 Å². The molecule has 0 fully saturated rings. The molecule has 0 amide bonds. The number of terminal acetylenes is 1. The van der Waals surface area contributed by atoms with Gasteiger partial charge in [-0.15, -0.1) is 0 Å². The fourth-order valence-electron chi connectivity index (χ4n) is 4.32. The summed E-state index contributed by atoms with van der Waals surface area (Å²) in [7, 11) is -3.63. The van der Waals surface area contributed by atoms with Crippen molar-refractivity contribution in [3.8, 4) is 12.3 Å². The van der Waals surface area contributed by atoms with E-state index >= 15 is 0 Å². The molecule has 1 aromatic rings. The first-order valence-corrected chi connectivity index (χ1v) is 21.4. The van der Waals surface area contributed by atoms with Gasteiger partial charge in [-0.05, 0) is 0 Å². The zero-order valence-corrected chi connectivity index (χ0v) is 23.9. The fraction of sp³-hybridized carbons (Fsp3) is 0.615. The summed E-state index contributed by atoms with van der Waals surface area (Å²) in [6.45, 7) is 13.6. The second kappa shape index (κ2) is 14.4. The van der Waals surface area contributed by atoms with Crippen molar-refractivity contribution < 1.29 is 8.42 Å².